The van der Waals surface area contributed by atoms with Crippen molar-refractivity contribution in [3.05, 3.63) is 45.4 Å². The number of rotatable bonds is 7. The molecule has 1 heterocycles. The number of benzene rings is 1. The normalized spacial score (nSPS) is 14.1. The summed E-state index contributed by atoms with van der Waals surface area (Å²) < 4.78 is 9.32. The molecule has 4 heteroatoms. The summed E-state index contributed by atoms with van der Waals surface area (Å²) in [7, 11) is -1.73. The number of hydrogen-bond donors (Lipinski definition) is 0. The predicted molar refractivity (Wildman–Crippen MR) is 120 cm³/mol. The summed E-state index contributed by atoms with van der Waals surface area (Å²) in [6.07, 6.45) is 5.51. The SMILES string of the molecule is C=CC(CCCc1sc2ccccc2c1I)O[Si](C)(C)C(C)(C)C. The van der Waals surface area contributed by atoms with Crippen LogP contribution in [0, 0.1) is 3.57 Å². The Hall–Kier alpha value is -0.173. The Morgan fingerprint density at radius 3 is 2.54 bits per heavy atom. The van der Waals surface area contributed by atoms with Crippen LogP contribution in [-0.4, -0.2) is 14.4 Å². The molecule has 24 heavy (non-hydrogen) atoms. The first-order valence-corrected chi connectivity index (χ1v) is 13.4. The lowest BCUT2D eigenvalue weighted by Crippen LogP contribution is -2.43. The summed E-state index contributed by atoms with van der Waals surface area (Å²) in [6.45, 7) is 15.5. The largest absolute Gasteiger partial charge is 0.411 e. The first-order valence-electron chi connectivity index (χ1n) is 8.62. The summed E-state index contributed by atoms with van der Waals surface area (Å²) in [5.41, 5.74) is 0. The molecule has 2 aromatic rings. The first-order chi connectivity index (χ1) is 11.2. The third kappa shape index (κ3) is 4.71. The Labute approximate surface area is 165 Å². The zero-order valence-electron chi connectivity index (χ0n) is 15.5. The van der Waals surface area contributed by atoms with Gasteiger partial charge in [0.2, 0.25) is 0 Å². The summed E-state index contributed by atoms with van der Waals surface area (Å²) >= 11 is 4.43. The lowest BCUT2D eigenvalue weighted by molar-refractivity contribution is 0.212. The van der Waals surface area contributed by atoms with Gasteiger partial charge in [-0.1, -0.05) is 45.0 Å². The van der Waals surface area contributed by atoms with Gasteiger partial charge in [-0.05, 0) is 66.1 Å². The smallest absolute Gasteiger partial charge is 0.192 e. The van der Waals surface area contributed by atoms with Crippen LogP contribution in [0.4, 0.5) is 0 Å². The van der Waals surface area contributed by atoms with E-state index in [9.17, 15) is 0 Å². The maximum Gasteiger partial charge on any atom is 0.192 e. The zero-order chi connectivity index (χ0) is 18.0. The molecular weight excluding hydrogens is 443 g/mol. The molecule has 0 fully saturated rings. The molecule has 1 atom stereocenters. The van der Waals surface area contributed by atoms with Gasteiger partial charge < -0.3 is 4.43 Å². The third-order valence-electron chi connectivity index (χ3n) is 5.01. The second-order valence-corrected chi connectivity index (χ2v) is 14.9. The summed E-state index contributed by atoms with van der Waals surface area (Å²) in [5.74, 6) is 0. The fourth-order valence-corrected chi connectivity index (χ4v) is 6.19. The molecule has 1 nitrogen and oxygen atoms in total. The minimum absolute atomic E-state index is 0.179. The van der Waals surface area contributed by atoms with E-state index < -0.39 is 8.32 Å². The molecule has 0 amide bonds. The van der Waals surface area contributed by atoms with E-state index in [0.29, 0.717) is 0 Å². The molecule has 0 aliphatic heterocycles. The zero-order valence-corrected chi connectivity index (χ0v) is 19.5. The Morgan fingerprint density at radius 1 is 1.29 bits per heavy atom. The van der Waals surface area contributed by atoms with Crippen LogP contribution in [0.15, 0.2) is 36.9 Å². The van der Waals surface area contributed by atoms with Gasteiger partial charge in [-0.25, -0.2) is 0 Å². The summed E-state index contributed by atoms with van der Waals surface area (Å²) in [5, 5.41) is 1.64. The molecule has 1 aromatic carbocycles. The van der Waals surface area contributed by atoms with Gasteiger partial charge >= 0.3 is 0 Å². The Balaban J connectivity index is 1.96. The quantitative estimate of drug-likeness (QED) is 0.232. The second-order valence-electron chi connectivity index (χ2n) is 7.88. The molecule has 132 valence electrons. The molecule has 1 unspecified atom stereocenters. The van der Waals surface area contributed by atoms with Crippen LogP contribution in [0.1, 0.15) is 38.5 Å². The van der Waals surface area contributed by atoms with Crippen LogP contribution in [0.3, 0.4) is 0 Å². The van der Waals surface area contributed by atoms with Crippen LogP contribution in [0.2, 0.25) is 18.1 Å². The average Bonchev–Trinajstić information content (AvgIpc) is 2.82. The van der Waals surface area contributed by atoms with E-state index in [-0.39, 0.29) is 11.1 Å². The highest BCUT2D eigenvalue weighted by Crippen LogP contribution is 2.38. The van der Waals surface area contributed by atoms with Crippen molar-refractivity contribution in [2.45, 2.75) is 64.3 Å². The Kier molecular flexibility index (Phi) is 6.73. The predicted octanol–water partition coefficient (Wildman–Crippen LogP) is 7.41. The lowest BCUT2D eigenvalue weighted by Gasteiger charge is -2.38. The van der Waals surface area contributed by atoms with E-state index in [1.807, 2.05) is 17.4 Å². The van der Waals surface area contributed by atoms with Crippen LogP contribution in [-0.2, 0) is 10.8 Å². The van der Waals surface area contributed by atoms with E-state index in [1.165, 1.54) is 18.5 Å². The van der Waals surface area contributed by atoms with Gasteiger partial charge in [-0.2, -0.15) is 0 Å². The standard InChI is InChI=1S/C20H29IOSSi/c1-7-15(22-24(5,6)20(2,3)4)11-10-14-18-19(21)16-12-8-9-13-17(16)23-18/h7-9,12-13,15H,1,10-11,14H2,2-6H3. The summed E-state index contributed by atoms with van der Waals surface area (Å²) in [6, 6.07) is 8.70. The average molecular weight is 473 g/mol. The molecule has 2 rings (SSSR count). The summed E-state index contributed by atoms with van der Waals surface area (Å²) in [4.78, 5) is 1.51. The molecule has 0 aliphatic carbocycles. The van der Waals surface area contributed by atoms with Crippen molar-refractivity contribution in [2.75, 3.05) is 0 Å². The van der Waals surface area contributed by atoms with Crippen LogP contribution >= 0.6 is 33.9 Å². The third-order valence-corrected chi connectivity index (χ3v) is 12.3. The number of fused-ring (bicyclic) bond motifs is 1. The minimum atomic E-state index is -1.73. The molecule has 0 saturated heterocycles. The molecule has 0 aliphatic rings. The van der Waals surface area contributed by atoms with E-state index in [4.69, 9.17) is 4.43 Å². The van der Waals surface area contributed by atoms with Crippen molar-refractivity contribution in [3.63, 3.8) is 0 Å². The van der Waals surface area contributed by atoms with E-state index in [0.717, 1.165) is 19.3 Å². The monoisotopic (exact) mass is 472 g/mol. The number of hydrogen-bond acceptors (Lipinski definition) is 2. The van der Waals surface area contributed by atoms with Crippen molar-refractivity contribution in [2.24, 2.45) is 0 Å². The van der Waals surface area contributed by atoms with Crippen molar-refractivity contribution in [1.82, 2.24) is 0 Å². The molecule has 1 aromatic heterocycles. The van der Waals surface area contributed by atoms with Gasteiger partial charge in [0.15, 0.2) is 8.32 Å². The molecule has 0 N–H and O–H groups in total. The van der Waals surface area contributed by atoms with Gasteiger partial charge in [0, 0.05) is 18.5 Å². The van der Waals surface area contributed by atoms with Gasteiger partial charge in [0.1, 0.15) is 0 Å². The number of thiophene rings is 1. The van der Waals surface area contributed by atoms with Gasteiger partial charge in [-0.15, -0.1) is 17.9 Å². The molecule has 0 saturated carbocycles. The van der Waals surface area contributed by atoms with E-state index in [2.05, 4.69) is 87.3 Å². The van der Waals surface area contributed by atoms with Crippen molar-refractivity contribution in [3.8, 4) is 0 Å². The molecule has 0 spiro atoms. The highest BCUT2D eigenvalue weighted by Gasteiger charge is 2.38. The maximum atomic E-state index is 6.50. The van der Waals surface area contributed by atoms with Gasteiger partial charge in [0.25, 0.3) is 0 Å². The lowest BCUT2D eigenvalue weighted by atomic mass is 10.1. The topological polar surface area (TPSA) is 9.23 Å². The van der Waals surface area contributed by atoms with Gasteiger partial charge in [0.05, 0.1) is 6.10 Å². The van der Waals surface area contributed by atoms with Crippen LogP contribution < -0.4 is 0 Å². The van der Waals surface area contributed by atoms with Gasteiger partial charge in [-0.3, -0.25) is 0 Å². The van der Waals surface area contributed by atoms with Crippen molar-refractivity contribution < 1.29 is 4.43 Å². The molecule has 0 bridgehead atoms. The van der Waals surface area contributed by atoms with Crippen LogP contribution in [0.5, 0.6) is 0 Å². The fraction of sp³-hybridized carbons (Fsp3) is 0.500. The van der Waals surface area contributed by atoms with Crippen LogP contribution in [0.25, 0.3) is 10.1 Å². The number of halogens is 1. The second kappa shape index (κ2) is 8.02. The molecule has 0 radical (unpaired) electrons. The van der Waals surface area contributed by atoms with Crippen molar-refractivity contribution in [1.29, 1.82) is 0 Å². The minimum Gasteiger partial charge on any atom is -0.411 e. The number of aryl methyl sites for hydroxylation is 1. The van der Waals surface area contributed by atoms with E-state index >= 15 is 0 Å². The Morgan fingerprint density at radius 2 is 1.96 bits per heavy atom. The highest BCUT2D eigenvalue weighted by molar-refractivity contribution is 14.1. The maximum absolute atomic E-state index is 6.50. The first kappa shape index (κ1) is 20.1. The Bertz CT molecular complexity index is 699. The molecular formula is C20H29IOSSi. The highest BCUT2D eigenvalue weighted by atomic mass is 127. The fourth-order valence-electron chi connectivity index (χ4n) is 2.47. The van der Waals surface area contributed by atoms with E-state index in [1.54, 1.807) is 0 Å². The van der Waals surface area contributed by atoms with Crippen molar-refractivity contribution >= 4 is 52.3 Å².